The summed E-state index contributed by atoms with van der Waals surface area (Å²) in [5, 5.41) is 5.13. The molecule has 8 heteroatoms. The van der Waals surface area contributed by atoms with E-state index in [-0.39, 0.29) is 29.2 Å². The molecule has 0 unspecified atom stereocenters. The summed E-state index contributed by atoms with van der Waals surface area (Å²) >= 11 is 0. The number of ether oxygens (including phenoxy) is 1. The fourth-order valence-corrected chi connectivity index (χ4v) is 3.23. The van der Waals surface area contributed by atoms with Crippen LogP contribution in [0.1, 0.15) is 42.3 Å². The molecule has 3 rings (SSSR count). The molecule has 0 fully saturated rings. The zero-order valence-electron chi connectivity index (χ0n) is 19.0. The molecule has 3 aromatic rings. The standard InChI is InChI=1S/C26H25F3N2O3/c1-25(2,3)21-9-4-5-10-22(21)34-16-23(32)30-19-13-11-17(12-14-19)24(33)31-20-8-6-7-18(15-20)26(27,28)29/h4-15H,16H2,1-3H3,(H,30,32)(H,31,33). The third-order valence-electron chi connectivity index (χ3n) is 4.93. The Hall–Kier alpha value is -3.81. The lowest BCUT2D eigenvalue weighted by molar-refractivity contribution is -0.137. The summed E-state index contributed by atoms with van der Waals surface area (Å²) in [4.78, 5) is 24.7. The maximum atomic E-state index is 12.8. The van der Waals surface area contributed by atoms with Crippen molar-refractivity contribution in [1.82, 2.24) is 0 Å². The van der Waals surface area contributed by atoms with Gasteiger partial charge in [0.25, 0.3) is 11.8 Å². The fraction of sp³-hybridized carbons (Fsp3) is 0.231. The highest BCUT2D eigenvalue weighted by Crippen LogP contribution is 2.31. The molecule has 5 nitrogen and oxygen atoms in total. The molecule has 3 aromatic carbocycles. The van der Waals surface area contributed by atoms with Crippen molar-refractivity contribution in [2.75, 3.05) is 17.2 Å². The second kappa shape index (κ2) is 9.99. The number of hydrogen-bond donors (Lipinski definition) is 2. The normalized spacial score (nSPS) is 11.6. The van der Waals surface area contributed by atoms with E-state index < -0.39 is 17.6 Å². The zero-order chi connectivity index (χ0) is 24.9. The predicted molar refractivity (Wildman–Crippen MR) is 125 cm³/mol. The van der Waals surface area contributed by atoms with Crippen molar-refractivity contribution in [1.29, 1.82) is 0 Å². The van der Waals surface area contributed by atoms with Crippen LogP contribution in [-0.4, -0.2) is 18.4 Å². The van der Waals surface area contributed by atoms with Crippen LogP contribution in [0.3, 0.4) is 0 Å². The lowest BCUT2D eigenvalue weighted by Crippen LogP contribution is -2.22. The maximum absolute atomic E-state index is 12.8. The maximum Gasteiger partial charge on any atom is 0.416 e. The van der Waals surface area contributed by atoms with E-state index in [0.29, 0.717) is 11.4 Å². The number of amides is 2. The quantitative estimate of drug-likeness (QED) is 0.446. The van der Waals surface area contributed by atoms with Crippen molar-refractivity contribution in [2.45, 2.75) is 32.4 Å². The SMILES string of the molecule is CC(C)(C)c1ccccc1OCC(=O)Nc1ccc(C(=O)Nc2cccc(C(F)(F)F)c2)cc1. The minimum atomic E-state index is -4.50. The van der Waals surface area contributed by atoms with Crippen LogP contribution < -0.4 is 15.4 Å². The third kappa shape index (κ3) is 6.60. The highest BCUT2D eigenvalue weighted by Gasteiger charge is 2.30. The Balaban J connectivity index is 1.58. The monoisotopic (exact) mass is 470 g/mol. The van der Waals surface area contributed by atoms with E-state index in [1.54, 1.807) is 0 Å². The van der Waals surface area contributed by atoms with Crippen LogP contribution in [0, 0.1) is 0 Å². The smallest absolute Gasteiger partial charge is 0.416 e. The molecule has 0 spiro atoms. The number of halogens is 3. The number of hydrogen-bond acceptors (Lipinski definition) is 3. The molecule has 0 atom stereocenters. The van der Waals surface area contributed by atoms with Gasteiger partial charge in [-0.15, -0.1) is 0 Å². The van der Waals surface area contributed by atoms with Crippen LogP contribution in [0.5, 0.6) is 5.75 Å². The molecule has 34 heavy (non-hydrogen) atoms. The number of carbonyl (C=O) groups excluding carboxylic acids is 2. The van der Waals surface area contributed by atoms with E-state index in [2.05, 4.69) is 31.4 Å². The van der Waals surface area contributed by atoms with Crippen LogP contribution in [0.25, 0.3) is 0 Å². The Morgan fingerprint density at radius 1 is 0.824 bits per heavy atom. The Bertz CT molecular complexity index is 1170. The van der Waals surface area contributed by atoms with Gasteiger partial charge in [-0.05, 0) is 59.5 Å². The third-order valence-corrected chi connectivity index (χ3v) is 4.93. The molecular weight excluding hydrogens is 445 g/mol. The molecule has 0 aliphatic carbocycles. The van der Waals surface area contributed by atoms with Gasteiger partial charge >= 0.3 is 6.18 Å². The van der Waals surface area contributed by atoms with Gasteiger partial charge in [-0.2, -0.15) is 13.2 Å². The molecule has 178 valence electrons. The minimum absolute atomic E-state index is 0.0323. The largest absolute Gasteiger partial charge is 0.483 e. The van der Waals surface area contributed by atoms with E-state index in [1.807, 2.05) is 24.3 Å². The van der Waals surface area contributed by atoms with Gasteiger partial charge in [-0.25, -0.2) is 0 Å². The van der Waals surface area contributed by atoms with Gasteiger partial charge in [-0.3, -0.25) is 9.59 Å². The summed E-state index contributed by atoms with van der Waals surface area (Å²) < 4.78 is 44.2. The van der Waals surface area contributed by atoms with Crippen molar-refractivity contribution in [3.63, 3.8) is 0 Å². The molecule has 0 saturated carbocycles. The van der Waals surface area contributed by atoms with Gasteiger partial charge in [0, 0.05) is 16.9 Å². The first kappa shape index (κ1) is 24.8. The fourth-order valence-electron chi connectivity index (χ4n) is 3.23. The predicted octanol–water partition coefficient (Wildman–Crippen LogP) is 6.27. The second-order valence-corrected chi connectivity index (χ2v) is 8.69. The van der Waals surface area contributed by atoms with Crippen LogP contribution in [0.15, 0.2) is 72.8 Å². The Morgan fingerprint density at radius 2 is 1.50 bits per heavy atom. The second-order valence-electron chi connectivity index (χ2n) is 8.69. The van der Waals surface area contributed by atoms with Crippen LogP contribution in [0.4, 0.5) is 24.5 Å². The highest BCUT2D eigenvalue weighted by atomic mass is 19.4. The average molecular weight is 470 g/mol. The molecule has 2 N–H and O–H groups in total. The van der Waals surface area contributed by atoms with Crippen molar-refractivity contribution in [3.8, 4) is 5.75 Å². The van der Waals surface area contributed by atoms with E-state index >= 15 is 0 Å². The minimum Gasteiger partial charge on any atom is -0.483 e. The molecule has 0 bridgehead atoms. The van der Waals surface area contributed by atoms with Crippen molar-refractivity contribution < 1.29 is 27.5 Å². The summed E-state index contributed by atoms with van der Waals surface area (Å²) in [6.07, 6.45) is -4.50. The van der Waals surface area contributed by atoms with E-state index in [4.69, 9.17) is 4.74 Å². The molecule has 0 heterocycles. The average Bonchev–Trinajstić information content (AvgIpc) is 2.77. The number of alkyl halides is 3. The van der Waals surface area contributed by atoms with Crippen LogP contribution >= 0.6 is 0 Å². The number of rotatable bonds is 6. The number of benzene rings is 3. The summed E-state index contributed by atoms with van der Waals surface area (Å²) in [5.41, 5.74) is 0.705. The Labute approximate surface area is 195 Å². The topological polar surface area (TPSA) is 67.4 Å². The van der Waals surface area contributed by atoms with Crippen molar-refractivity contribution in [3.05, 3.63) is 89.5 Å². The molecule has 0 aliphatic heterocycles. The lowest BCUT2D eigenvalue weighted by atomic mass is 9.86. The Kier molecular flexibility index (Phi) is 7.29. The van der Waals surface area contributed by atoms with Gasteiger partial charge in [0.15, 0.2) is 6.61 Å². The Morgan fingerprint density at radius 3 is 2.15 bits per heavy atom. The van der Waals surface area contributed by atoms with E-state index in [9.17, 15) is 22.8 Å². The molecule has 0 saturated heterocycles. The number of para-hydroxylation sites is 1. The highest BCUT2D eigenvalue weighted by molar-refractivity contribution is 6.04. The van der Waals surface area contributed by atoms with Crippen molar-refractivity contribution in [2.24, 2.45) is 0 Å². The summed E-state index contributed by atoms with van der Waals surface area (Å²) in [7, 11) is 0. The van der Waals surface area contributed by atoms with Crippen LogP contribution in [-0.2, 0) is 16.4 Å². The van der Waals surface area contributed by atoms with Gasteiger partial charge in [0.2, 0.25) is 0 Å². The summed E-state index contributed by atoms with van der Waals surface area (Å²) in [6.45, 7) is 5.98. The number of anilines is 2. The molecule has 2 amide bonds. The number of nitrogens with one attached hydrogen (secondary N) is 2. The first-order chi connectivity index (χ1) is 15.9. The number of carbonyl (C=O) groups is 2. The van der Waals surface area contributed by atoms with Crippen LogP contribution in [0.2, 0.25) is 0 Å². The van der Waals surface area contributed by atoms with Gasteiger partial charge in [-0.1, -0.05) is 45.0 Å². The first-order valence-electron chi connectivity index (χ1n) is 10.5. The molecule has 0 aromatic heterocycles. The molecule has 0 radical (unpaired) electrons. The first-order valence-corrected chi connectivity index (χ1v) is 10.5. The van der Waals surface area contributed by atoms with Gasteiger partial charge in [0.1, 0.15) is 5.75 Å². The lowest BCUT2D eigenvalue weighted by Gasteiger charge is -2.22. The zero-order valence-corrected chi connectivity index (χ0v) is 19.0. The summed E-state index contributed by atoms with van der Waals surface area (Å²) in [6, 6.07) is 17.9. The van der Waals surface area contributed by atoms with Crippen molar-refractivity contribution >= 4 is 23.2 Å². The van der Waals surface area contributed by atoms with Gasteiger partial charge in [0.05, 0.1) is 5.56 Å². The molecule has 0 aliphatic rings. The molecular formula is C26H25F3N2O3. The van der Waals surface area contributed by atoms with E-state index in [0.717, 1.165) is 17.7 Å². The summed E-state index contributed by atoms with van der Waals surface area (Å²) in [5.74, 6) is -0.309. The van der Waals surface area contributed by atoms with Gasteiger partial charge < -0.3 is 15.4 Å². The van der Waals surface area contributed by atoms with E-state index in [1.165, 1.54) is 36.4 Å².